The van der Waals surface area contributed by atoms with Crippen LogP contribution in [-0.2, 0) is 19.1 Å². The van der Waals surface area contributed by atoms with Gasteiger partial charge < -0.3 is 9.47 Å². The molecule has 19 heavy (non-hydrogen) atoms. The first kappa shape index (κ1) is 17.2. The van der Waals surface area contributed by atoms with Crippen molar-refractivity contribution in [1.82, 2.24) is 0 Å². The van der Waals surface area contributed by atoms with Crippen molar-refractivity contribution in [3.63, 3.8) is 0 Å². The smallest absolute Gasteiger partial charge is 0.324 e. The minimum Gasteiger partial charge on any atom is -0.465 e. The molecule has 0 aliphatic heterocycles. The molecule has 0 unspecified atom stereocenters. The standard InChI is InChI=1S/C15H22O4/c1-5-9-11-15(12-10-6-2,13(16)18-7-3)14(17)19-8-4/h5,9H,7-8,11-12H2,1-4H3/b9-5+. The van der Waals surface area contributed by atoms with Crippen molar-refractivity contribution in [3.05, 3.63) is 12.2 Å². The molecule has 0 N–H and O–H groups in total. The molecule has 0 saturated heterocycles. The van der Waals surface area contributed by atoms with Crippen LogP contribution in [0.15, 0.2) is 12.2 Å². The Balaban J connectivity index is 5.45. The van der Waals surface area contributed by atoms with Gasteiger partial charge in [-0.1, -0.05) is 12.2 Å². The second kappa shape index (κ2) is 9.21. The lowest BCUT2D eigenvalue weighted by atomic mass is 9.81. The van der Waals surface area contributed by atoms with Gasteiger partial charge in [-0.3, -0.25) is 9.59 Å². The summed E-state index contributed by atoms with van der Waals surface area (Å²) in [5.41, 5.74) is -1.36. The number of hydrogen-bond donors (Lipinski definition) is 0. The molecule has 0 aliphatic rings. The van der Waals surface area contributed by atoms with Gasteiger partial charge in [-0.15, -0.1) is 11.8 Å². The first-order chi connectivity index (χ1) is 9.08. The molecule has 0 heterocycles. The zero-order chi connectivity index (χ0) is 14.7. The zero-order valence-corrected chi connectivity index (χ0v) is 12.1. The van der Waals surface area contributed by atoms with E-state index in [1.807, 2.05) is 6.92 Å². The van der Waals surface area contributed by atoms with Gasteiger partial charge >= 0.3 is 11.9 Å². The number of carbonyl (C=O) groups excluding carboxylic acids is 2. The monoisotopic (exact) mass is 266 g/mol. The summed E-state index contributed by atoms with van der Waals surface area (Å²) in [5, 5.41) is 0. The molecule has 0 bridgehead atoms. The highest BCUT2D eigenvalue weighted by Gasteiger charge is 2.47. The van der Waals surface area contributed by atoms with E-state index in [1.165, 1.54) is 0 Å². The number of allylic oxidation sites excluding steroid dienone is 2. The molecule has 0 saturated carbocycles. The third-order valence-electron chi connectivity index (χ3n) is 2.60. The molecule has 106 valence electrons. The third kappa shape index (κ3) is 4.78. The van der Waals surface area contributed by atoms with E-state index in [0.29, 0.717) is 0 Å². The van der Waals surface area contributed by atoms with E-state index in [9.17, 15) is 9.59 Å². The summed E-state index contributed by atoms with van der Waals surface area (Å²) < 4.78 is 10.1. The van der Waals surface area contributed by atoms with Crippen LogP contribution in [0.2, 0.25) is 0 Å². The van der Waals surface area contributed by atoms with Crippen molar-refractivity contribution in [3.8, 4) is 11.8 Å². The van der Waals surface area contributed by atoms with E-state index in [-0.39, 0.29) is 26.1 Å². The lowest BCUT2D eigenvalue weighted by molar-refractivity contribution is -0.171. The van der Waals surface area contributed by atoms with Crippen molar-refractivity contribution in [2.75, 3.05) is 13.2 Å². The summed E-state index contributed by atoms with van der Waals surface area (Å²) in [6.45, 7) is 7.33. The fourth-order valence-electron chi connectivity index (χ4n) is 1.56. The molecule has 0 aromatic carbocycles. The molecule has 0 rings (SSSR count). The first-order valence-electron chi connectivity index (χ1n) is 6.44. The Kier molecular flexibility index (Phi) is 8.35. The predicted octanol–water partition coefficient (Wildman–Crippen LogP) is 2.48. The van der Waals surface area contributed by atoms with Crippen molar-refractivity contribution in [1.29, 1.82) is 0 Å². The number of carbonyl (C=O) groups is 2. The topological polar surface area (TPSA) is 52.6 Å². The molecule has 0 aromatic heterocycles. The summed E-state index contributed by atoms with van der Waals surface area (Å²) in [4.78, 5) is 24.3. The zero-order valence-electron chi connectivity index (χ0n) is 12.1. The van der Waals surface area contributed by atoms with Gasteiger partial charge in [-0.05, 0) is 34.1 Å². The van der Waals surface area contributed by atoms with E-state index < -0.39 is 17.4 Å². The average molecular weight is 266 g/mol. The van der Waals surface area contributed by atoms with Gasteiger partial charge in [0.2, 0.25) is 0 Å². The molecule has 4 heteroatoms. The first-order valence-corrected chi connectivity index (χ1v) is 6.44. The molecule has 0 spiro atoms. The number of ether oxygens (including phenoxy) is 2. The summed E-state index contributed by atoms with van der Waals surface area (Å²) in [6.07, 6.45) is 3.87. The molecular formula is C15H22O4. The second-order valence-corrected chi connectivity index (χ2v) is 3.90. The highest BCUT2D eigenvalue weighted by Crippen LogP contribution is 2.31. The van der Waals surface area contributed by atoms with Gasteiger partial charge in [0.1, 0.15) is 0 Å². The Morgan fingerprint density at radius 2 is 1.68 bits per heavy atom. The maximum Gasteiger partial charge on any atom is 0.324 e. The van der Waals surface area contributed by atoms with Crippen molar-refractivity contribution in [2.24, 2.45) is 5.41 Å². The minimum absolute atomic E-state index is 0.103. The predicted molar refractivity (Wildman–Crippen MR) is 73.2 cm³/mol. The van der Waals surface area contributed by atoms with Crippen LogP contribution in [0, 0.1) is 17.3 Å². The van der Waals surface area contributed by atoms with E-state index in [2.05, 4.69) is 11.8 Å². The van der Waals surface area contributed by atoms with Gasteiger partial charge in [0.25, 0.3) is 0 Å². The van der Waals surface area contributed by atoms with Crippen LogP contribution in [0.25, 0.3) is 0 Å². The van der Waals surface area contributed by atoms with Crippen LogP contribution in [0.3, 0.4) is 0 Å². The Hall–Kier alpha value is -1.76. The van der Waals surface area contributed by atoms with Crippen molar-refractivity contribution >= 4 is 11.9 Å². The second-order valence-electron chi connectivity index (χ2n) is 3.90. The molecule has 0 fully saturated rings. The van der Waals surface area contributed by atoms with Gasteiger partial charge in [-0.2, -0.15) is 0 Å². The van der Waals surface area contributed by atoms with E-state index in [4.69, 9.17) is 9.47 Å². The maximum absolute atomic E-state index is 12.2. The number of esters is 2. The van der Waals surface area contributed by atoms with Crippen LogP contribution in [0.5, 0.6) is 0 Å². The van der Waals surface area contributed by atoms with Crippen LogP contribution in [0.1, 0.15) is 40.5 Å². The molecule has 0 aromatic rings. The van der Waals surface area contributed by atoms with E-state index >= 15 is 0 Å². The third-order valence-corrected chi connectivity index (χ3v) is 2.60. The number of hydrogen-bond acceptors (Lipinski definition) is 4. The van der Waals surface area contributed by atoms with Crippen LogP contribution in [0.4, 0.5) is 0 Å². The van der Waals surface area contributed by atoms with Crippen LogP contribution in [-0.4, -0.2) is 25.2 Å². The molecular weight excluding hydrogens is 244 g/mol. The SMILES string of the molecule is CC#CCC(C/C=C/C)(C(=O)OCC)C(=O)OCC. The summed E-state index contributed by atoms with van der Waals surface area (Å²) in [5.74, 6) is 4.35. The van der Waals surface area contributed by atoms with Crippen molar-refractivity contribution < 1.29 is 19.1 Å². The van der Waals surface area contributed by atoms with Crippen LogP contribution < -0.4 is 0 Å². The lowest BCUT2D eigenvalue weighted by Gasteiger charge is -2.26. The molecule has 0 aliphatic carbocycles. The Bertz CT molecular complexity index is 367. The summed E-state index contributed by atoms with van der Waals surface area (Å²) in [6, 6.07) is 0. The molecule has 0 atom stereocenters. The normalized spacial score (nSPS) is 10.7. The Morgan fingerprint density at radius 1 is 1.16 bits per heavy atom. The maximum atomic E-state index is 12.2. The van der Waals surface area contributed by atoms with Gasteiger partial charge in [0.15, 0.2) is 5.41 Å². The Labute approximate surface area is 115 Å². The van der Waals surface area contributed by atoms with Gasteiger partial charge in [-0.25, -0.2) is 0 Å². The number of rotatable bonds is 7. The minimum atomic E-state index is -1.36. The van der Waals surface area contributed by atoms with Crippen molar-refractivity contribution in [2.45, 2.75) is 40.5 Å². The quantitative estimate of drug-likeness (QED) is 0.307. The highest BCUT2D eigenvalue weighted by molar-refractivity contribution is 6.00. The van der Waals surface area contributed by atoms with Gasteiger partial charge in [0, 0.05) is 6.42 Å². The largest absolute Gasteiger partial charge is 0.465 e. The Morgan fingerprint density at radius 3 is 2.05 bits per heavy atom. The fourth-order valence-corrected chi connectivity index (χ4v) is 1.56. The van der Waals surface area contributed by atoms with Gasteiger partial charge in [0.05, 0.1) is 13.2 Å². The van der Waals surface area contributed by atoms with Crippen LogP contribution >= 0.6 is 0 Å². The molecule has 0 amide bonds. The summed E-state index contributed by atoms with van der Waals surface area (Å²) >= 11 is 0. The molecule has 4 nitrogen and oxygen atoms in total. The highest BCUT2D eigenvalue weighted by atomic mass is 16.6. The molecule has 0 radical (unpaired) electrons. The fraction of sp³-hybridized carbons (Fsp3) is 0.600. The van der Waals surface area contributed by atoms with E-state index in [1.54, 1.807) is 32.9 Å². The van der Waals surface area contributed by atoms with E-state index in [0.717, 1.165) is 0 Å². The average Bonchev–Trinajstić information content (AvgIpc) is 2.40. The lowest BCUT2D eigenvalue weighted by Crippen LogP contribution is -2.41. The summed E-state index contributed by atoms with van der Waals surface area (Å²) in [7, 11) is 0.